The maximum absolute atomic E-state index is 12.6. The summed E-state index contributed by atoms with van der Waals surface area (Å²) in [5.74, 6) is 1.58. The summed E-state index contributed by atoms with van der Waals surface area (Å²) in [5, 5.41) is 3.94. The number of aromatic nitrogens is 4. The van der Waals surface area contributed by atoms with Gasteiger partial charge in [0.2, 0.25) is 0 Å². The lowest BCUT2D eigenvalue weighted by molar-refractivity contribution is 0.0714. The quantitative estimate of drug-likeness (QED) is 0.719. The van der Waals surface area contributed by atoms with E-state index >= 15 is 0 Å². The fraction of sp³-hybridized carbons (Fsp3) is 0.412. The van der Waals surface area contributed by atoms with Gasteiger partial charge in [-0.1, -0.05) is 16.6 Å². The highest BCUT2D eigenvalue weighted by atomic mass is 32.1. The number of hydrogen-bond acceptors (Lipinski definition) is 5. The molecule has 0 unspecified atom stereocenters. The van der Waals surface area contributed by atoms with Crippen LogP contribution >= 0.6 is 11.5 Å². The molecule has 2 aromatic heterocycles. The molecular formula is C17H19N5OS. The lowest BCUT2D eigenvalue weighted by Crippen LogP contribution is -2.38. The van der Waals surface area contributed by atoms with Crippen LogP contribution in [0.15, 0.2) is 24.3 Å². The van der Waals surface area contributed by atoms with E-state index in [1.165, 1.54) is 11.5 Å². The number of nitrogens with zero attached hydrogens (tertiary/aromatic N) is 5. The Kier molecular flexibility index (Phi) is 3.80. The average Bonchev–Trinajstić information content (AvgIpc) is 3.18. The zero-order chi connectivity index (χ0) is 16.7. The van der Waals surface area contributed by atoms with Gasteiger partial charge in [-0.2, -0.15) is 0 Å². The van der Waals surface area contributed by atoms with Crippen molar-refractivity contribution in [3.8, 4) is 0 Å². The lowest BCUT2D eigenvalue weighted by Gasteiger charge is -2.31. The number of piperidine rings is 1. The third-order valence-electron chi connectivity index (χ3n) is 4.81. The first kappa shape index (κ1) is 15.3. The van der Waals surface area contributed by atoms with E-state index in [0.29, 0.717) is 10.8 Å². The molecule has 0 aliphatic carbocycles. The summed E-state index contributed by atoms with van der Waals surface area (Å²) < 4.78 is 6.06. The molecule has 0 N–H and O–H groups in total. The number of carbonyl (C=O) groups is 1. The van der Waals surface area contributed by atoms with E-state index in [4.69, 9.17) is 4.98 Å². The van der Waals surface area contributed by atoms with Crippen LogP contribution in [0.2, 0.25) is 0 Å². The smallest absolute Gasteiger partial charge is 0.267 e. The molecule has 0 bridgehead atoms. The first-order valence-corrected chi connectivity index (χ1v) is 8.92. The van der Waals surface area contributed by atoms with Gasteiger partial charge >= 0.3 is 0 Å². The van der Waals surface area contributed by atoms with Crippen molar-refractivity contribution in [2.75, 3.05) is 13.1 Å². The molecule has 1 aromatic carbocycles. The van der Waals surface area contributed by atoms with Crippen molar-refractivity contribution in [1.29, 1.82) is 0 Å². The average molecular weight is 341 g/mol. The molecule has 7 heteroatoms. The molecule has 1 amide bonds. The van der Waals surface area contributed by atoms with Crippen molar-refractivity contribution in [3.05, 3.63) is 40.7 Å². The lowest BCUT2D eigenvalue weighted by atomic mass is 9.95. The number of benzene rings is 1. The minimum atomic E-state index is 0.0611. The number of aryl methyl sites for hydroxylation is 2. The summed E-state index contributed by atoms with van der Waals surface area (Å²) in [5.41, 5.74) is 2.93. The molecule has 1 aliphatic heterocycles. The van der Waals surface area contributed by atoms with Crippen molar-refractivity contribution >= 4 is 28.5 Å². The first-order valence-electron chi connectivity index (χ1n) is 8.14. The van der Waals surface area contributed by atoms with E-state index in [2.05, 4.69) is 33.3 Å². The van der Waals surface area contributed by atoms with Gasteiger partial charge in [0, 0.05) is 26.1 Å². The standard InChI is InChI=1S/C17H19N5OS/c1-11-15(24-20-19-11)17(23)22-9-7-12(8-10-22)16-18-13-5-3-4-6-14(13)21(16)2/h3-6,12H,7-10H2,1-2H3. The molecule has 6 nitrogen and oxygen atoms in total. The van der Waals surface area contributed by atoms with Crippen molar-refractivity contribution < 1.29 is 4.79 Å². The number of carbonyl (C=O) groups excluding carboxylic acids is 1. The van der Waals surface area contributed by atoms with Crippen LogP contribution in [0.1, 0.15) is 39.9 Å². The Morgan fingerprint density at radius 3 is 2.67 bits per heavy atom. The summed E-state index contributed by atoms with van der Waals surface area (Å²) in [4.78, 5) is 20.0. The topological polar surface area (TPSA) is 63.9 Å². The summed E-state index contributed by atoms with van der Waals surface area (Å²) in [6, 6.07) is 8.22. The van der Waals surface area contributed by atoms with Crippen LogP contribution in [0.3, 0.4) is 0 Å². The van der Waals surface area contributed by atoms with Crippen molar-refractivity contribution in [1.82, 2.24) is 24.0 Å². The maximum atomic E-state index is 12.6. The molecule has 124 valence electrons. The fourth-order valence-corrected chi connectivity index (χ4v) is 4.07. The molecular weight excluding hydrogens is 322 g/mol. The van der Waals surface area contributed by atoms with Gasteiger partial charge in [0.25, 0.3) is 5.91 Å². The Bertz CT molecular complexity index is 891. The molecule has 1 fully saturated rings. The predicted molar refractivity (Wildman–Crippen MR) is 93.2 cm³/mol. The molecule has 0 spiro atoms. The predicted octanol–water partition coefficient (Wildman–Crippen LogP) is 2.75. The highest BCUT2D eigenvalue weighted by Crippen LogP contribution is 2.30. The summed E-state index contributed by atoms with van der Waals surface area (Å²) in [7, 11) is 2.08. The largest absolute Gasteiger partial charge is 0.338 e. The van der Waals surface area contributed by atoms with Gasteiger partial charge in [-0.15, -0.1) is 5.10 Å². The third-order valence-corrected chi connectivity index (χ3v) is 5.63. The molecule has 0 atom stereocenters. The summed E-state index contributed by atoms with van der Waals surface area (Å²) >= 11 is 1.19. The molecule has 3 heterocycles. The number of amides is 1. The van der Waals surface area contributed by atoms with Crippen LogP contribution in [-0.2, 0) is 7.05 Å². The van der Waals surface area contributed by atoms with E-state index in [0.717, 1.165) is 48.5 Å². The summed E-state index contributed by atoms with van der Waals surface area (Å²) in [6.45, 7) is 3.34. The van der Waals surface area contributed by atoms with Gasteiger partial charge in [-0.05, 0) is 43.4 Å². The Balaban J connectivity index is 1.50. The first-order chi connectivity index (χ1) is 11.6. The van der Waals surface area contributed by atoms with Gasteiger partial charge in [0.05, 0.1) is 16.7 Å². The Hall–Kier alpha value is -2.28. The Morgan fingerprint density at radius 2 is 2.00 bits per heavy atom. The zero-order valence-corrected chi connectivity index (χ0v) is 14.6. The van der Waals surface area contributed by atoms with Gasteiger partial charge in [0.1, 0.15) is 10.7 Å². The Morgan fingerprint density at radius 1 is 1.25 bits per heavy atom. The van der Waals surface area contributed by atoms with E-state index in [1.54, 1.807) is 0 Å². The number of imidazole rings is 1. The highest BCUT2D eigenvalue weighted by molar-refractivity contribution is 7.07. The normalized spacial score (nSPS) is 16.0. The van der Waals surface area contributed by atoms with E-state index in [9.17, 15) is 4.79 Å². The Labute approximate surface area is 144 Å². The number of rotatable bonds is 2. The molecule has 24 heavy (non-hydrogen) atoms. The van der Waals surface area contributed by atoms with Crippen LogP contribution in [0.4, 0.5) is 0 Å². The minimum absolute atomic E-state index is 0.0611. The number of likely N-dealkylation sites (tertiary alicyclic amines) is 1. The number of para-hydroxylation sites is 2. The summed E-state index contributed by atoms with van der Waals surface area (Å²) in [6.07, 6.45) is 1.88. The van der Waals surface area contributed by atoms with Crippen molar-refractivity contribution in [2.24, 2.45) is 7.05 Å². The van der Waals surface area contributed by atoms with Crippen LogP contribution < -0.4 is 0 Å². The molecule has 4 rings (SSSR count). The van der Waals surface area contributed by atoms with E-state index in [-0.39, 0.29) is 5.91 Å². The SMILES string of the molecule is Cc1nnsc1C(=O)N1CCC(c2nc3ccccc3n2C)CC1. The van der Waals surface area contributed by atoms with Gasteiger partial charge in [-0.25, -0.2) is 4.98 Å². The van der Waals surface area contributed by atoms with Crippen LogP contribution in [0.5, 0.6) is 0 Å². The van der Waals surface area contributed by atoms with Crippen LogP contribution in [0.25, 0.3) is 11.0 Å². The number of hydrogen-bond donors (Lipinski definition) is 0. The number of fused-ring (bicyclic) bond motifs is 1. The van der Waals surface area contributed by atoms with E-state index < -0.39 is 0 Å². The molecule has 1 aliphatic rings. The minimum Gasteiger partial charge on any atom is -0.338 e. The van der Waals surface area contributed by atoms with Crippen LogP contribution in [0, 0.1) is 6.92 Å². The second-order valence-corrected chi connectivity index (χ2v) is 7.03. The van der Waals surface area contributed by atoms with Crippen molar-refractivity contribution in [2.45, 2.75) is 25.7 Å². The maximum Gasteiger partial charge on any atom is 0.267 e. The molecule has 0 radical (unpaired) electrons. The molecule has 3 aromatic rings. The highest BCUT2D eigenvalue weighted by Gasteiger charge is 2.28. The molecule has 1 saturated heterocycles. The monoisotopic (exact) mass is 341 g/mol. The fourth-order valence-electron chi connectivity index (χ4n) is 3.44. The second kappa shape index (κ2) is 5.98. The van der Waals surface area contributed by atoms with Gasteiger partial charge in [-0.3, -0.25) is 4.79 Å². The van der Waals surface area contributed by atoms with Crippen LogP contribution in [-0.4, -0.2) is 43.0 Å². The second-order valence-electron chi connectivity index (χ2n) is 6.27. The third kappa shape index (κ3) is 2.49. The van der Waals surface area contributed by atoms with E-state index in [1.807, 2.05) is 24.0 Å². The van der Waals surface area contributed by atoms with Crippen molar-refractivity contribution in [3.63, 3.8) is 0 Å². The van der Waals surface area contributed by atoms with Gasteiger partial charge < -0.3 is 9.47 Å². The molecule has 0 saturated carbocycles. The zero-order valence-electron chi connectivity index (χ0n) is 13.8. The van der Waals surface area contributed by atoms with Gasteiger partial charge in [0.15, 0.2) is 0 Å².